The van der Waals surface area contributed by atoms with Crippen LogP contribution in [-0.2, 0) is 4.74 Å². The maximum atomic E-state index is 10.3. The number of hydrogen-bond acceptors (Lipinski definition) is 3. The number of ether oxygens (including phenoxy) is 1. The molecule has 21 heavy (non-hydrogen) atoms. The minimum Gasteiger partial charge on any atom is -0.388 e. The van der Waals surface area contributed by atoms with Gasteiger partial charge in [-0.15, -0.1) is 0 Å². The number of aliphatic hydroxyl groups is 1. The Morgan fingerprint density at radius 3 is 2.52 bits per heavy atom. The van der Waals surface area contributed by atoms with Crippen LogP contribution in [0.3, 0.4) is 0 Å². The quantitative estimate of drug-likeness (QED) is 0.328. The largest absolute Gasteiger partial charge is 0.388 e. The van der Waals surface area contributed by atoms with Crippen molar-refractivity contribution in [2.45, 2.75) is 64.4 Å². The highest BCUT2D eigenvalue weighted by molar-refractivity contribution is 5.79. The van der Waals surface area contributed by atoms with E-state index in [1.807, 2.05) is 0 Å². The zero-order valence-corrected chi connectivity index (χ0v) is 13.8. The van der Waals surface area contributed by atoms with Gasteiger partial charge in [-0.3, -0.25) is 4.99 Å². The lowest BCUT2D eigenvalue weighted by Gasteiger charge is -2.20. The summed E-state index contributed by atoms with van der Waals surface area (Å²) in [5.41, 5.74) is -0.578. The summed E-state index contributed by atoms with van der Waals surface area (Å²) in [6.07, 6.45) is 7.27. The first kappa shape index (κ1) is 18.2. The summed E-state index contributed by atoms with van der Waals surface area (Å²) in [6.45, 7) is 8.04. The molecule has 1 rings (SSSR count). The molecule has 1 saturated carbocycles. The molecule has 0 atom stereocenters. The van der Waals surface area contributed by atoms with Crippen LogP contribution in [0.2, 0.25) is 0 Å². The molecular weight excluding hydrogens is 266 g/mol. The molecule has 0 amide bonds. The summed E-state index contributed by atoms with van der Waals surface area (Å²) in [5, 5.41) is 16.8. The summed E-state index contributed by atoms with van der Waals surface area (Å²) in [7, 11) is 0. The highest BCUT2D eigenvalue weighted by Gasteiger charge is 2.30. The van der Waals surface area contributed by atoms with Gasteiger partial charge in [-0.25, -0.2) is 0 Å². The lowest BCUT2D eigenvalue weighted by atomic mass is 10.0. The predicted octanol–water partition coefficient (Wildman–Crippen LogP) is 2.05. The molecule has 0 bridgehead atoms. The number of rotatable bonds is 10. The fourth-order valence-electron chi connectivity index (χ4n) is 2.49. The molecule has 3 N–H and O–H groups in total. The molecular formula is C16H33N3O2. The van der Waals surface area contributed by atoms with Crippen LogP contribution >= 0.6 is 0 Å². The van der Waals surface area contributed by atoms with Crippen molar-refractivity contribution in [2.75, 3.05) is 32.8 Å². The maximum absolute atomic E-state index is 10.3. The van der Waals surface area contributed by atoms with Crippen LogP contribution in [-0.4, -0.2) is 49.5 Å². The van der Waals surface area contributed by atoms with Gasteiger partial charge >= 0.3 is 0 Å². The molecule has 5 nitrogen and oxygen atoms in total. The molecule has 0 unspecified atom stereocenters. The Balaban J connectivity index is 2.19. The normalized spacial score (nSPS) is 18.0. The van der Waals surface area contributed by atoms with Crippen molar-refractivity contribution < 1.29 is 9.84 Å². The highest BCUT2D eigenvalue weighted by atomic mass is 16.5. The molecule has 0 aromatic heterocycles. The Morgan fingerprint density at radius 1 is 1.14 bits per heavy atom. The van der Waals surface area contributed by atoms with Crippen LogP contribution in [0.4, 0.5) is 0 Å². The van der Waals surface area contributed by atoms with E-state index >= 15 is 0 Å². The molecule has 1 aliphatic carbocycles. The van der Waals surface area contributed by atoms with E-state index in [9.17, 15) is 5.11 Å². The molecule has 0 spiro atoms. The van der Waals surface area contributed by atoms with Gasteiger partial charge in [0.05, 0.1) is 12.1 Å². The Kier molecular flexibility index (Phi) is 9.42. The lowest BCUT2D eigenvalue weighted by Crippen LogP contribution is -2.40. The monoisotopic (exact) mass is 299 g/mol. The number of hydrogen-bond donors (Lipinski definition) is 3. The summed E-state index contributed by atoms with van der Waals surface area (Å²) < 4.78 is 5.53. The van der Waals surface area contributed by atoms with Gasteiger partial charge in [0.15, 0.2) is 5.96 Å². The summed E-state index contributed by atoms with van der Waals surface area (Å²) >= 11 is 0. The SMILES string of the molecule is CCCCOCCCNC(=NCC1(O)CCCC1)NCC. The molecule has 0 saturated heterocycles. The van der Waals surface area contributed by atoms with Gasteiger partial charge in [-0.05, 0) is 32.6 Å². The first-order chi connectivity index (χ1) is 10.2. The first-order valence-corrected chi connectivity index (χ1v) is 8.52. The Labute approximate surface area is 129 Å². The Bertz CT molecular complexity index is 289. The molecule has 1 aliphatic rings. The van der Waals surface area contributed by atoms with Gasteiger partial charge in [0, 0.05) is 26.3 Å². The van der Waals surface area contributed by atoms with Crippen molar-refractivity contribution >= 4 is 5.96 Å². The fraction of sp³-hybridized carbons (Fsp3) is 0.938. The maximum Gasteiger partial charge on any atom is 0.191 e. The molecule has 124 valence electrons. The lowest BCUT2D eigenvalue weighted by molar-refractivity contribution is 0.0574. The first-order valence-electron chi connectivity index (χ1n) is 8.52. The highest BCUT2D eigenvalue weighted by Crippen LogP contribution is 2.29. The van der Waals surface area contributed by atoms with Gasteiger partial charge in [0.2, 0.25) is 0 Å². The minimum atomic E-state index is -0.578. The molecule has 0 aromatic rings. The molecule has 1 fully saturated rings. The van der Waals surface area contributed by atoms with Crippen molar-refractivity contribution in [1.29, 1.82) is 0 Å². The number of unbranched alkanes of at least 4 members (excludes halogenated alkanes) is 1. The van der Waals surface area contributed by atoms with E-state index in [1.54, 1.807) is 0 Å². The van der Waals surface area contributed by atoms with E-state index in [1.165, 1.54) is 6.42 Å². The molecule has 0 aromatic carbocycles. The molecule has 0 heterocycles. The zero-order chi connectivity index (χ0) is 15.4. The second-order valence-electron chi connectivity index (χ2n) is 5.87. The van der Waals surface area contributed by atoms with Crippen molar-refractivity contribution in [2.24, 2.45) is 4.99 Å². The second kappa shape index (κ2) is 10.9. The number of nitrogens with one attached hydrogen (secondary N) is 2. The smallest absolute Gasteiger partial charge is 0.191 e. The van der Waals surface area contributed by atoms with Crippen LogP contribution in [0.15, 0.2) is 4.99 Å². The van der Waals surface area contributed by atoms with Gasteiger partial charge in [-0.1, -0.05) is 26.2 Å². The van der Waals surface area contributed by atoms with E-state index in [0.29, 0.717) is 6.54 Å². The minimum absolute atomic E-state index is 0.495. The van der Waals surface area contributed by atoms with Crippen molar-refractivity contribution in [3.8, 4) is 0 Å². The zero-order valence-electron chi connectivity index (χ0n) is 13.8. The predicted molar refractivity (Wildman–Crippen MR) is 87.7 cm³/mol. The number of aliphatic imine (C=N–C) groups is 1. The Morgan fingerprint density at radius 2 is 1.86 bits per heavy atom. The van der Waals surface area contributed by atoms with Gasteiger partial charge in [-0.2, -0.15) is 0 Å². The van der Waals surface area contributed by atoms with Crippen molar-refractivity contribution in [3.05, 3.63) is 0 Å². The van der Waals surface area contributed by atoms with Crippen LogP contribution in [0.5, 0.6) is 0 Å². The topological polar surface area (TPSA) is 65.9 Å². The van der Waals surface area contributed by atoms with E-state index in [2.05, 4.69) is 29.5 Å². The van der Waals surface area contributed by atoms with Crippen LogP contribution in [0.1, 0.15) is 58.8 Å². The molecule has 5 heteroatoms. The molecule has 0 radical (unpaired) electrons. The van der Waals surface area contributed by atoms with Gasteiger partial charge in [0.1, 0.15) is 0 Å². The van der Waals surface area contributed by atoms with E-state index in [-0.39, 0.29) is 0 Å². The van der Waals surface area contributed by atoms with Crippen molar-refractivity contribution in [1.82, 2.24) is 10.6 Å². The third-order valence-corrected chi connectivity index (χ3v) is 3.81. The Hall–Kier alpha value is -0.810. The summed E-state index contributed by atoms with van der Waals surface area (Å²) in [6, 6.07) is 0. The fourth-order valence-corrected chi connectivity index (χ4v) is 2.49. The van der Waals surface area contributed by atoms with Crippen LogP contribution in [0.25, 0.3) is 0 Å². The average Bonchev–Trinajstić information content (AvgIpc) is 2.91. The summed E-state index contributed by atoms with van der Waals surface area (Å²) in [4.78, 5) is 4.52. The van der Waals surface area contributed by atoms with Gasteiger partial charge < -0.3 is 20.5 Å². The van der Waals surface area contributed by atoms with E-state index in [4.69, 9.17) is 4.74 Å². The van der Waals surface area contributed by atoms with Crippen LogP contribution in [0, 0.1) is 0 Å². The van der Waals surface area contributed by atoms with Crippen molar-refractivity contribution in [3.63, 3.8) is 0 Å². The number of guanidine groups is 1. The van der Waals surface area contributed by atoms with Gasteiger partial charge in [0.25, 0.3) is 0 Å². The van der Waals surface area contributed by atoms with Crippen LogP contribution < -0.4 is 10.6 Å². The third kappa shape index (κ3) is 8.27. The second-order valence-corrected chi connectivity index (χ2v) is 5.87. The average molecular weight is 299 g/mol. The van der Waals surface area contributed by atoms with E-state index < -0.39 is 5.60 Å². The summed E-state index contributed by atoms with van der Waals surface area (Å²) in [5.74, 6) is 0.798. The molecule has 0 aliphatic heterocycles. The number of nitrogens with zero attached hydrogens (tertiary/aromatic N) is 1. The van der Waals surface area contributed by atoms with E-state index in [0.717, 1.165) is 70.8 Å². The standard InChI is InChI=1S/C16H33N3O2/c1-3-5-12-21-13-8-11-18-15(17-4-2)19-14-16(20)9-6-7-10-16/h20H,3-14H2,1-2H3,(H2,17,18,19). The third-order valence-electron chi connectivity index (χ3n) is 3.81.